The molecule has 0 spiro atoms. The fraction of sp³-hybridized carbons (Fsp3) is 0.562. The number of amides is 1. The van der Waals surface area contributed by atoms with E-state index in [9.17, 15) is 4.79 Å². The van der Waals surface area contributed by atoms with Crippen molar-refractivity contribution in [2.24, 2.45) is 5.92 Å². The van der Waals surface area contributed by atoms with Crippen LogP contribution in [-0.4, -0.2) is 19.1 Å². The van der Waals surface area contributed by atoms with Gasteiger partial charge >= 0.3 is 0 Å². The highest BCUT2D eigenvalue weighted by atomic mass is 79.9. The third kappa shape index (κ3) is 7.18. The second-order valence-corrected chi connectivity index (χ2v) is 6.37. The first kappa shape index (κ1) is 18.3. The summed E-state index contributed by atoms with van der Waals surface area (Å²) >= 11 is 9.21. The standard InChI is InChI=1S/C16H23BrClNO2/c1-3-5-6-12(4-2)10-19-16(20)11-21-15-8-7-13(18)9-14(15)17/h7-9,12H,3-6,10-11H2,1-2H3,(H,19,20). The minimum absolute atomic E-state index is 0.0183. The maximum Gasteiger partial charge on any atom is 0.257 e. The molecule has 0 saturated heterocycles. The van der Waals surface area contributed by atoms with Crippen LogP contribution in [0.2, 0.25) is 5.02 Å². The number of carbonyl (C=O) groups is 1. The molecular formula is C16H23BrClNO2. The highest BCUT2D eigenvalue weighted by molar-refractivity contribution is 9.10. The quantitative estimate of drug-likeness (QED) is 0.671. The molecule has 0 aliphatic rings. The van der Waals surface area contributed by atoms with Gasteiger partial charge in [0.15, 0.2) is 6.61 Å². The Morgan fingerprint density at radius 2 is 2.19 bits per heavy atom. The summed E-state index contributed by atoms with van der Waals surface area (Å²) in [5.74, 6) is 1.08. The molecule has 118 valence electrons. The lowest BCUT2D eigenvalue weighted by Crippen LogP contribution is -2.33. The predicted molar refractivity (Wildman–Crippen MR) is 91.0 cm³/mol. The van der Waals surface area contributed by atoms with Crippen LogP contribution in [0.25, 0.3) is 0 Å². The molecule has 0 aromatic heterocycles. The number of benzene rings is 1. The Kier molecular flexibility index (Phi) is 8.77. The molecule has 0 heterocycles. The zero-order chi connectivity index (χ0) is 15.7. The Bertz CT molecular complexity index is 454. The summed E-state index contributed by atoms with van der Waals surface area (Å²) in [5.41, 5.74) is 0. The molecule has 0 aliphatic heterocycles. The number of nitrogens with one attached hydrogen (secondary N) is 1. The SMILES string of the molecule is CCCCC(CC)CNC(=O)COc1ccc(Cl)cc1Br. The van der Waals surface area contributed by atoms with E-state index in [0.29, 0.717) is 16.7 Å². The summed E-state index contributed by atoms with van der Waals surface area (Å²) in [4.78, 5) is 11.8. The average molecular weight is 377 g/mol. The zero-order valence-corrected chi connectivity index (χ0v) is 15.0. The molecule has 0 saturated carbocycles. The Balaban J connectivity index is 2.33. The summed E-state index contributed by atoms with van der Waals surface area (Å²) in [6.45, 7) is 5.09. The minimum Gasteiger partial charge on any atom is -0.483 e. The topological polar surface area (TPSA) is 38.3 Å². The van der Waals surface area contributed by atoms with Gasteiger partial charge in [0, 0.05) is 11.6 Å². The van der Waals surface area contributed by atoms with Crippen molar-refractivity contribution in [3.05, 3.63) is 27.7 Å². The van der Waals surface area contributed by atoms with E-state index < -0.39 is 0 Å². The lowest BCUT2D eigenvalue weighted by Gasteiger charge is -2.15. The van der Waals surface area contributed by atoms with Crippen molar-refractivity contribution in [3.63, 3.8) is 0 Å². The highest BCUT2D eigenvalue weighted by Crippen LogP contribution is 2.27. The summed E-state index contributed by atoms with van der Waals surface area (Å²) in [6.07, 6.45) is 4.65. The number of rotatable bonds is 9. The molecule has 0 aliphatic carbocycles. The molecule has 1 unspecified atom stereocenters. The van der Waals surface area contributed by atoms with Crippen molar-refractivity contribution in [1.82, 2.24) is 5.32 Å². The largest absolute Gasteiger partial charge is 0.483 e. The van der Waals surface area contributed by atoms with Gasteiger partial charge in [-0.05, 0) is 46.5 Å². The average Bonchev–Trinajstić information content (AvgIpc) is 2.46. The molecule has 0 bridgehead atoms. The van der Waals surface area contributed by atoms with Crippen molar-refractivity contribution < 1.29 is 9.53 Å². The molecule has 1 aromatic carbocycles. The number of halogens is 2. The molecule has 1 aromatic rings. The van der Waals surface area contributed by atoms with Gasteiger partial charge in [-0.15, -0.1) is 0 Å². The highest BCUT2D eigenvalue weighted by Gasteiger charge is 2.09. The van der Waals surface area contributed by atoms with Crippen molar-refractivity contribution >= 4 is 33.4 Å². The number of ether oxygens (including phenoxy) is 1. The van der Waals surface area contributed by atoms with Crippen LogP contribution < -0.4 is 10.1 Å². The van der Waals surface area contributed by atoms with Gasteiger partial charge in [0.2, 0.25) is 0 Å². The van der Waals surface area contributed by atoms with Crippen LogP contribution in [-0.2, 0) is 4.79 Å². The second kappa shape index (κ2) is 10.1. The van der Waals surface area contributed by atoms with E-state index in [1.165, 1.54) is 12.8 Å². The molecule has 1 N–H and O–H groups in total. The first-order valence-corrected chi connectivity index (χ1v) is 8.58. The third-order valence-electron chi connectivity index (χ3n) is 3.38. The van der Waals surface area contributed by atoms with Crippen LogP contribution in [0.5, 0.6) is 5.75 Å². The summed E-state index contributed by atoms with van der Waals surface area (Å²) in [7, 11) is 0. The maximum atomic E-state index is 11.8. The lowest BCUT2D eigenvalue weighted by atomic mass is 9.99. The smallest absolute Gasteiger partial charge is 0.257 e. The molecule has 5 heteroatoms. The van der Waals surface area contributed by atoms with Crippen molar-refractivity contribution in [1.29, 1.82) is 0 Å². The fourth-order valence-corrected chi connectivity index (χ4v) is 2.79. The van der Waals surface area contributed by atoms with Crippen LogP contribution in [0.1, 0.15) is 39.5 Å². The first-order valence-electron chi connectivity index (χ1n) is 7.41. The minimum atomic E-state index is -0.0909. The van der Waals surface area contributed by atoms with E-state index in [-0.39, 0.29) is 12.5 Å². The van der Waals surface area contributed by atoms with Gasteiger partial charge < -0.3 is 10.1 Å². The Morgan fingerprint density at radius 3 is 2.81 bits per heavy atom. The Labute approximate surface area is 140 Å². The van der Waals surface area contributed by atoms with Crippen molar-refractivity contribution in [2.45, 2.75) is 39.5 Å². The molecule has 0 fully saturated rings. The molecular weight excluding hydrogens is 354 g/mol. The number of carbonyl (C=O) groups excluding carboxylic acids is 1. The Hall–Kier alpha value is -0.740. The van der Waals surface area contributed by atoms with E-state index in [1.807, 2.05) is 0 Å². The maximum absolute atomic E-state index is 11.8. The molecule has 21 heavy (non-hydrogen) atoms. The van der Waals surface area contributed by atoms with Crippen LogP contribution in [0.15, 0.2) is 22.7 Å². The van der Waals surface area contributed by atoms with Crippen LogP contribution in [0, 0.1) is 5.92 Å². The predicted octanol–water partition coefficient (Wildman–Crippen LogP) is 4.81. The van der Waals surface area contributed by atoms with Crippen LogP contribution in [0.4, 0.5) is 0 Å². The fourth-order valence-electron chi connectivity index (χ4n) is 1.99. The van der Waals surface area contributed by atoms with Gasteiger partial charge in [-0.25, -0.2) is 0 Å². The monoisotopic (exact) mass is 375 g/mol. The Morgan fingerprint density at radius 1 is 1.43 bits per heavy atom. The molecule has 1 atom stereocenters. The summed E-state index contributed by atoms with van der Waals surface area (Å²) < 4.78 is 6.23. The first-order chi connectivity index (χ1) is 10.1. The van der Waals surface area contributed by atoms with Crippen molar-refractivity contribution in [2.75, 3.05) is 13.2 Å². The van der Waals surface area contributed by atoms with Gasteiger partial charge in [0.25, 0.3) is 5.91 Å². The number of hydrogen-bond donors (Lipinski definition) is 1. The van der Waals surface area contributed by atoms with Crippen molar-refractivity contribution in [3.8, 4) is 5.75 Å². The third-order valence-corrected chi connectivity index (χ3v) is 4.24. The van der Waals surface area contributed by atoms with Gasteiger partial charge in [0.1, 0.15) is 5.75 Å². The van der Waals surface area contributed by atoms with Gasteiger partial charge in [-0.2, -0.15) is 0 Å². The van der Waals surface area contributed by atoms with Crippen LogP contribution in [0.3, 0.4) is 0 Å². The second-order valence-electron chi connectivity index (χ2n) is 5.08. The molecule has 3 nitrogen and oxygen atoms in total. The molecule has 1 rings (SSSR count). The lowest BCUT2D eigenvalue weighted by molar-refractivity contribution is -0.123. The number of unbranched alkanes of at least 4 members (excludes halogenated alkanes) is 1. The normalized spacial score (nSPS) is 12.0. The van der Waals surface area contributed by atoms with Gasteiger partial charge in [0.05, 0.1) is 4.47 Å². The summed E-state index contributed by atoms with van der Waals surface area (Å²) in [6, 6.07) is 5.22. The van der Waals surface area contributed by atoms with Gasteiger partial charge in [-0.1, -0.05) is 44.7 Å². The van der Waals surface area contributed by atoms with E-state index in [1.54, 1.807) is 18.2 Å². The number of hydrogen-bond acceptors (Lipinski definition) is 2. The van der Waals surface area contributed by atoms with Gasteiger partial charge in [-0.3, -0.25) is 4.79 Å². The van der Waals surface area contributed by atoms with E-state index >= 15 is 0 Å². The van der Waals surface area contributed by atoms with Crippen LogP contribution >= 0.6 is 27.5 Å². The summed E-state index contributed by atoms with van der Waals surface area (Å²) in [5, 5.41) is 3.56. The van der Waals surface area contributed by atoms with E-state index in [2.05, 4.69) is 35.1 Å². The molecule has 0 radical (unpaired) electrons. The molecule has 1 amide bonds. The zero-order valence-electron chi connectivity index (χ0n) is 12.6. The van der Waals surface area contributed by atoms with E-state index in [0.717, 1.165) is 23.9 Å². The van der Waals surface area contributed by atoms with E-state index in [4.69, 9.17) is 16.3 Å².